The lowest BCUT2D eigenvalue weighted by molar-refractivity contribution is 0.662. The Hall–Kier alpha value is -1.63. The fourth-order valence-corrected chi connectivity index (χ4v) is 2.16. The molecule has 2 rings (SSSR count). The summed E-state index contributed by atoms with van der Waals surface area (Å²) in [4.78, 5) is 5.52. The monoisotopic (exact) mass is 242 g/mol. The fraction of sp³-hybridized carbons (Fsp3) is 0.214. The molecule has 0 radical (unpaired) electrons. The molecular weight excluding hydrogens is 228 g/mol. The lowest BCUT2D eigenvalue weighted by atomic mass is 10.2. The molecule has 1 unspecified atom stereocenters. The molecule has 1 aromatic carbocycles. The molecule has 0 amide bonds. The van der Waals surface area contributed by atoms with Crippen molar-refractivity contribution in [2.45, 2.75) is 13.0 Å². The number of benzene rings is 1. The molecule has 2 nitrogen and oxygen atoms in total. The second-order valence-electron chi connectivity index (χ2n) is 3.69. The van der Waals surface area contributed by atoms with E-state index < -0.39 is 0 Å². The van der Waals surface area contributed by atoms with Crippen molar-refractivity contribution in [3.63, 3.8) is 0 Å². The Bertz CT molecular complexity index is 534. The summed E-state index contributed by atoms with van der Waals surface area (Å²) in [6.45, 7) is 2.11. The molecule has 0 spiro atoms. The van der Waals surface area contributed by atoms with Crippen LogP contribution in [0.4, 0.5) is 0 Å². The number of thiazole rings is 1. The smallest absolute Gasteiger partial charge is 0.167 e. The van der Waals surface area contributed by atoms with Gasteiger partial charge in [-0.3, -0.25) is 0 Å². The molecule has 3 heteroatoms. The molecule has 0 aliphatic heterocycles. The van der Waals surface area contributed by atoms with E-state index in [4.69, 9.17) is 0 Å². The van der Waals surface area contributed by atoms with Gasteiger partial charge < -0.3 is 5.32 Å². The lowest BCUT2D eigenvalue weighted by Crippen LogP contribution is -2.10. The molecule has 0 aliphatic rings. The summed E-state index contributed by atoms with van der Waals surface area (Å²) in [5.74, 6) is 6.20. The van der Waals surface area contributed by atoms with Gasteiger partial charge in [-0.2, -0.15) is 0 Å². The van der Waals surface area contributed by atoms with Crippen molar-refractivity contribution in [2.75, 3.05) is 7.05 Å². The molecule has 1 aromatic heterocycles. The van der Waals surface area contributed by atoms with Crippen molar-refractivity contribution in [1.29, 1.82) is 0 Å². The van der Waals surface area contributed by atoms with Crippen molar-refractivity contribution in [1.82, 2.24) is 10.3 Å². The summed E-state index contributed by atoms with van der Waals surface area (Å²) < 4.78 is 0. The second kappa shape index (κ2) is 5.62. The Balaban J connectivity index is 2.15. The van der Waals surface area contributed by atoms with E-state index in [0.29, 0.717) is 6.04 Å². The van der Waals surface area contributed by atoms with Crippen LogP contribution in [0.25, 0.3) is 0 Å². The van der Waals surface area contributed by atoms with Crippen LogP contribution in [0, 0.1) is 11.8 Å². The van der Waals surface area contributed by atoms with Gasteiger partial charge in [-0.15, -0.1) is 11.3 Å². The molecule has 0 fully saturated rings. The molecule has 0 saturated carbocycles. The van der Waals surface area contributed by atoms with Gasteiger partial charge in [0.05, 0.1) is 0 Å². The van der Waals surface area contributed by atoms with Gasteiger partial charge in [0.2, 0.25) is 0 Å². The summed E-state index contributed by atoms with van der Waals surface area (Å²) in [6, 6.07) is 10.3. The topological polar surface area (TPSA) is 24.9 Å². The maximum Gasteiger partial charge on any atom is 0.167 e. The predicted octanol–water partition coefficient (Wildman–Crippen LogP) is 2.82. The minimum absolute atomic E-state index is 0.333. The minimum Gasteiger partial charge on any atom is -0.312 e. The molecule has 86 valence electrons. The summed E-state index contributed by atoms with van der Waals surface area (Å²) in [7, 11) is 1.94. The van der Waals surface area contributed by atoms with Gasteiger partial charge in [0.15, 0.2) is 5.01 Å². The van der Waals surface area contributed by atoms with E-state index in [-0.39, 0.29) is 0 Å². The van der Waals surface area contributed by atoms with E-state index in [1.54, 1.807) is 11.3 Å². The first kappa shape index (κ1) is 11.8. The molecular formula is C14H14N2S. The predicted molar refractivity (Wildman–Crippen MR) is 72.0 cm³/mol. The van der Waals surface area contributed by atoms with Gasteiger partial charge in [0.1, 0.15) is 0 Å². The Morgan fingerprint density at radius 1 is 1.24 bits per heavy atom. The highest BCUT2D eigenvalue weighted by atomic mass is 32.1. The maximum atomic E-state index is 4.31. The van der Waals surface area contributed by atoms with Crippen molar-refractivity contribution in [2.24, 2.45) is 0 Å². The fourth-order valence-electron chi connectivity index (χ4n) is 1.33. The standard InChI is InChI=1S/C14H14N2S/c1-11(15-2)13-10-16-14(17-13)9-8-12-6-4-3-5-7-12/h3-7,10-11,15H,1-2H3. The Labute approximate surface area is 106 Å². The zero-order valence-corrected chi connectivity index (χ0v) is 10.7. The van der Waals surface area contributed by atoms with E-state index in [1.165, 1.54) is 4.88 Å². The number of nitrogens with one attached hydrogen (secondary N) is 1. The van der Waals surface area contributed by atoms with Crippen LogP contribution in [0.1, 0.15) is 28.4 Å². The van der Waals surface area contributed by atoms with E-state index in [0.717, 1.165) is 10.6 Å². The van der Waals surface area contributed by atoms with Crippen LogP contribution in [0.15, 0.2) is 36.5 Å². The van der Waals surface area contributed by atoms with Crippen LogP contribution in [0.2, 0.25) is 0 Å². The highest BCUT2D eigenvalue weighted by molar-refractivity contribution is 7.12. The highest BCUT2D eigenvalue weighted by Crippen LogP contribution is 2.19. The third kappa shape index (κ3) is 3.16. The summed E-state index contributed by atoms with van der Waals surface area (Å²) in [5, 5.41) is 4.06. The zero-order chi connectivity index (χ0) is 12.1. The van der Waals surface area contributed by atoms with Gasteiger partial charge in [-0.05, 0) is 32.0 Å². The molecule has 0 aliphatic carbocycles. The van der Waals surface area contributed by atoms with Crippen molar-refractivity contribution < 1.29 is 0 Å². The molecule has 1 heterocycles. The lowest BCUT2D eigenvalue weighted by Gasteiger charge is -2.04. The molecule has 17 heavy (non-hydrogen) atoms. The van der Waals surface area contributed by atoms with E-state index in [1.807, 2.05) is 43.6 Å². The maximum absolute atomic E-state index is 4.31. The molecule has 1 N–H and O–H groups in total. The largest absolute Gasteiger partial charge is 0.312 e. The van der Waals surface area contributed by atoms with E-state index in [2.05, 4.69) is 29.1 Å². The number of rotatable bonds is 2. The van der Waals surface area contributed by atoms with Gasteiger partial charge >= 0.3 is 0 Å². The van der Waals surface area contributed by atoms with Crippen LogP contribution in [-0.2, 0) is 0 Å². The summed E-state index contributed by atoms with van der Waals surface area (Å²) in [5.41, 5.74) is 1.02. The quantitative estimate of drug-likeness (QED) is 0.819. The molecule has 0 bridgehead atoms. The van der Waals surface area contributed by atoms with Crippen LogP contribution >= 0.6 is 11.3 Å². The molecule has 0 saturated heterocycles. The third-order valence-electron chi connectivity index (χ3n) is 2.47. The normalized spacial score (nSPS) is 11.6. The Kier molecular flexibility index (Phi) is 3.92. The van der Waals surface area contributed by atoms with Gasteiger partial charge in [-0.25, -0.2) is 4.98 Å². The SMILES string of the molecule is CNC(C)c1cnc(C#Cc2ccccc2)s1. The number of hydrogen-bond donors (Lipinski definition) is 1. The zero-order valence-electron chi connectivity index (χ0n) is 9.90. The Morgan fingerprint density at radius 3 is 2.71 bits per heavy atom. The molecule has 1 atom stereocenters. The van der Waals surface area contributed by atoms with Gasteiger partial charge in [-0.1, -0.05) is 24.1 Å². The first-order chi connectivity index (χ1) is 8.29. The van der Waals surface area contributed by atoms with Crippen molar-refractivity contribution >= 4 is 11.3 Å². The average molecular weight is 242 g/mol. The van der Waals surface area contributed by atoms with E-state index in [9.17, 15) is 0 Å². The number of aromatic nitrogens is 1. The first-order valence-corrected chi connectivity index (χ1v) is 6.31. The second-order valence-corrected chi connectivity index (χ2v) is 4.76. The average Bonchev–Trinajstić information content (AvgIpc) is 2.85. The van der Waals surface area contributed by atoms with Crippen LogP contribution in [0.5, 0.6) is 0 Å². The van der Waals surface area contributed by atoms with Gasteiger partial charge in [0.25, 0.3) is 0 Å². The van der Waals surface area contributed by atoms with Crippen LogP contribution < -0.4 is 5.32 Å². The highest BCUT2D eigenvalue weighted by Gasteiger charge is 2.05. The summed E-state index contributed by atoms with van der Waals surface area (Å²) >= 11 is 1.64. The molecule has 2 aromatic rings. The van der Waals surface area contributed by atoms with Crippen LogP contribution in [0.3, 0.4) is 0 Å². The minimum atomic E-state index is 0.333. The Morgan fingerprint density at radius 2 is 2.00 bits per heavy atom. The van der Waals surface area contributed by atoms with Crippen LogP contribution in [-0.4, -0.2) is 12.0 Å². The third-order valence-corrected chi connectivity index (χ3v) is 3.57. The van der Waals surface area contributed by atoms with E-state index >= 15 is 0 Å². The number of hydrogen-bond acceptors (Lipinski definition) is 3. The van der Waals surface area contributed by atoms with Crippen molar-refractivity contribution in [3.8, 4) is 11.8 Å². The summed E-state index contributed by atoms with van der Waals surface area (Å²) in [6.07, 6.45) is 1.89. The van der Waals surface area contributed by atoms with Gasteiger partial charge in [0, 0.05) is 22.7 Å². The number of nitrogens with zero attached hydrogens (tertiary/aromatic N) is 1. The van der Waals surface area contributed by atoms with Crippen molar-refractivity contribution in [3.05, 3.63) is 52.0 Å². The first-order valence-electron chi connectivity index (χ1n) is 5.49.